The van der Waals surface area contributed by atoms with E-state index in [1.54, 1.807) is 54.2 Å². The first-order chi connectivity index (χ1) is 13.9. The van der Waals surface area contributed by atoms with Crippen LogP contribution in [-0.4, -0.2) is 26.6 Å². The fourth-order valence-electron chi connectivity index (χ4n) is 2.49. The standard InChI is InChI=1S/C21H19ClN2O3S2/c22-17-9-11-19(12-10-17)28-14-13-23-21(25)16-5-4-8-20(15-16)29(26,27)24-18-6-2-1-3-7-18/h1-12,15,24H,13-14H2,(H,23,25). The number of nitrogens with one attached hydrogen (secondary N) is 2. The van der Waals surface area contributed by atoms with E-state index >= 15 is 0 Å². The molecule has 0 aliphatic rings. The van der Waals surface area contributed by atoms with E-state index in [1.165, 1.54) is 12.1 Å². The van der Waals surface area contributed by atoms with Crippen LogP contribution in [0, 0.1) is 0 Å². The van der Waals surface area contributed by atoms with Crippen molar-refractivity contribution in [2.24, 2.45) is 0 Å². The lowest BCUT2D eigenvalue weighted by Gasteiger charge is -2.10. The summed E-state index contributed by atoms with van der Waals surface area (Å²) >= 11 is 7.45. The SMILES string of the molecule is O=C(NCCSc1ccc(Cl)cc1)c1cccc(S(=O)(=O)Nc2ccccc2)c1. The summed E-state index contributed by atoms with van der Waals surface area (Å²) in [6.07, 6.45) is 0. The van der Waals surface area contributed by atoms with Gasteiger partial charge in [0.15, 0.2) is 0 Å². The molecule has 0 fully saturated rings. The Hall–Kier alpha value is -2.48. The van der Waals surface area contributed by atoms with Gasteiger partial charge in [-0.15, -0.1) is 11.8 Å². The van der Waals surface area contributed by atoms with Gasteiger partial charge in [0.05, 0.1) is 4.90 Å². The molecule has 0 atom stereocenters. The van der Waals surface area contributed by atoms with Gasteiger partial charge in [0, 0.05) is 33.5 Å². The highest BCUT2D eigenvalue weighted by atomic mass is 35.5. The van der Waals surface area contributed by atoms with Gasteiger partial charge in [-0.3, -0.25) is 9.52 Å². The highest BCUT2D eigenvalue weighted by Crippen LogP contribution is 2.20. The maximum Gasteiger partial charge on any atom is 0.261 e. The van der Waals surface area contributed by atoms with Crippen molar-refractivity contribution < 1.29 is 13.2 Å². The van der Waals surface area contributed by atoms with Crippen LogP contribution in [0.5, 0.6) is 0 Å². The largest absolute Gasteiger partial charge is 0.351 e. The Kier molecular flexibility index (Phi) is 7.19. The Morgan fingerprint density at radius 1 is 0.931 bits per heavy atom. The molecule has 2 N–H and O–H groups in total. The third-order valence-corrected chi connectivity index (χ3v) is 6.55. The second-order valence-electron chi connectivity index (χ2n) is 6.06. The number of para-hydroxylation sites is 1. The number of benzene rings is 3. The monoisotopic (exact) mass is 446 g/mol. The lowest BCUT2D eigenvalue weighted by atomic mass is 10.2. The molecule has 8 heteroatoms. The van der Waals surface area contributed by atoms with Crippen molar-refractivity contribution in [1.82, 2.24) is 5.32 Å². The molecule has 3 aromatic carbocycles. The topological polar surface area (TPSA) is 75.3 Å². The van der Waals surface area contributed by atoms with Gasteiger partial charge in [-0.05, 0) is 54.6 Å². The minimum Gasteiger partial charge on any atom is -0.351 e. The summed E-state index contributed by atoms with van der Waals surface area (Å²) in [6, 6.07) is 22.0. The molecule has 5 nitrogen and oxygen atoms in total. The highest BCUT2D eigenvalue weighted by molar-refractivity contribution is 7.99. The number of hydrogen-bond acceptors (Lipinski definition) is 4. The van der Waals surface area contributed by atoms with E-state index in [0.717, 1.165) is 4.90 Å². The lowest BCUT2D eigenvalue weighted by molar-refractivity contribution is 0.0956. The first-order valence-corrected chi connectivity index (χ1v) is 11.6. The van der Waals surface area contributed by atoms with Crippen LogP contribution in [0.15, 0.2) is 88.7 Å². The average Bonchev–Trinajstić information content (AvgIpc) is 2.73. The van der Waals surface area contributed by atoms with Crippen molar-refractivity contribution in [3.63, 3.8) is 0 Å². The summed E-state index contributed by atoms with van der Waals surface area (Å²) in [6.45, 7) is 0.450. The third-order valence-electron chi connectivity index (χ3n) is 3.90. The summed E-state index contributed by atoms with van der Waals surface area (Å²) in [5.41, 5.74) is 0.749. The number of sulfonamides is 1. The molecule has 0 aliphatic heterocycles. The number of hydrogen-bond donors (Lipinski definition) is 2. The first-order valence-electron chi connectivity index (χ1n) is 8.78. The summed E-state index contributed by atoms with van der Waals surface area (Å²) in [5.74, 6) is 0.361. The summed E-state index contributed by atoms with van der Waals surface area (Å²) in [7, 11) is -3.78. The number of carbonyl (C=O) groups is 1. The highest BCUT2D eigenvalue weighted by Gasteiger charge is 2.16. The zero-order valence-corrected chi connectivity index (χ0v) is 17.7. The van der Waals surface area contributed by atoms with Crippen LogP contribution in [-0.2, 0) is 10.0 Å². The Morgan fingerprint density at radius 3 is 2.38 bits per heavy atom. The number of halogens is 1. The van der Waals surface area contributed by atoms with E-state index in [1.807, 2.05) is 24.3 Å². The van der Waals surface area contributed by atoms with Gasteiger partial charge in [-0.1, -0.05) is 35.9 Å². The smallest absolute Gasteiger partial charge is 0.261 e. The molecule has 0 saturated carbocycles. The molecule has 29 heavy (non-hydrogen) atoms. The number of amides is 1. The molecular weight excluding hydrogens is 428 g/mol. The molecule has 3 rings (SSSR count). The Labute approximate surface area is 179 Å². The van der Waals surface area contributed by atoms with Gasteiger partial charge in [-0.25, -0.2) is 8.42 Å². The molecule has 0 unspecified atom stereocenters. The molecule has 3 aromatic rings. The predicted molar refractivity (Wildman–Crippen MR) is 118 cm³/mol. The fraction of sp³-hybridized carbons (Fsp3) is 0.0952. The van der Waals surface area contributed by atoms with Crippen LogP contribution >= 0.6 is 23.4 Å². The molecule has 150 valence electrons. The maximum absolute atomic E-state index is 12.6. The maximum atomic E-state index is 12.6. The molecular formula is C21H19ClN2O3S2. The summed E-state index contributed by atoms with van der Waals surface area (Å²) in [5, 5.41) is 3.49. The fourth-order valence-corrected chi connectivity index (χ4v) is 4.49. The molecule has 0 saturated heterocycles. The molecule has 1 amide bonds. The quantitative estimate of drug-likeness (QED) is 0.389. The molecule has 0 spiro atoms. The lowest BCUT2D eigenvalue weighted by Crippen LogP contribution is -2.26. The molecule has 0 aliphatic carbocycles. The summed E-state index contributed by atoms with van der Waals surface area (Å²) < 4.78 is 27.6. The number of rotatable bonds is 8. The first kappa shape index (κ1) is 21.2. The van der Waals surface area contributed by atoms with Gasteiger partial charge in [-0.2, -0.15) is 0 Å². The van der Waals surface area contributed by atoms with Crippen molar-refractivity contribution in [3.05, 3.63) is 89.4 Å². The summed E-state index contributed by atoms with van der Waals surface area (Å²) in [4.78, 5) is 13.5. The van der Waals surface area contributed by atoms with E-state index in [-0.39, 0.29) is 16.4 Å². The van der Waals surface area contributed by atoms with Crippen LogP contribution in [0.1, 0.15) is 10.4 Å². The molecule has 0 heterocycles. The van der Waals surface area contributed by atoms with Gasteiger partial charge in [0.25, 0.3) is 15.9 Å². The second kappa shape index (κ2) is 9.82. The van der Waals surface area contributed by atoms with Crippen LogP contribution in [0.25, 0.3) is 0 Å². The number of carbonyl (C=O) groups excluding carboxylic acids is 1. The van der Waals surface area contributed by atoms with Gasteiger partial charge < -0.3 is 5.32 Å². The molecule has 0 radical (unpaired) electrons. The van der Waals surface area contributed by atoms with E-state index < -0.39 is 10.0 Å². The minimum absolute atomic E-state index is 0.0320. The second-order valence-corrected chi connectivity index (χ2v) is 9.34. The Bertz CT molecular complexity index is 1070. The minimum atomic E-state index is -3.78. The van der Waals surface area contributed by atoms with E-state index in [4.69, 9.17) is 11.6 Å². The molecule has 0 bridgehead atoms. The van der Waals surface area contributed by atoms with Crippen LogP contribution in [0.3, 0.4) is 0 Å². The van der Waals surface area contributed by atoms with Crippen molar-refractivity contribution in [2.45, 2.75) is 9.79 Å². The Balaban J connectivity index is 1.58. The number of thioether (sulfide) groups is 1. The van der Waals surface area contributed by atoms with Crippen molar-refractivity contribution in [2.75, 3.05) is 17.0 Å². The van der Waals surface area contributed by atoms with Crippen molar-refractivity contribution >= 4 is 45.0 Å². The third kappa shape index (κ3) is 6.25. The van der Waals surface area contributed by atoms with E-state index in [9.17, 15) is 13.2 Å². The van der Waals surface area contributed by atoms with Gasteiger partial charge in [0.1, 0.15) is 0 Å². The van der Waals surface area contributed by atoms with Gasteiger partial charge in [0.2, 0.25) is 0 Å². The van der Waals surface area contributed by atoms with Gasteiger partial charge >= 0.3 is 0 Å². The molecule has 0 aromatic heterocycles. The predicted octanol–water partition coefficient (Wildman–Crippen LogP) is 4.66. The zero-order valence-electron chi connectivity index (χ0n) is 15.3. The van der Waals surface area contributed by atoms with Crippen molar-refractivity contribution in [3.8, 4) is 0 Å². The van der Waals surface area contributed by atoms with E-state index in [0.29, 0.717) is 23.0 Å². The van der Waals surface area contributed by atoms with E-state index in [2.05, 4.69) is 10.0 Å². The normalized spacial score (nSPS) is 11.1. The van der Waals surface area contributed by atoms with Crippen molar-refractivity contribution in [1.29, 1.82) is 0 Å². The number of anilines is 1. The zero-order chi connectivity index (χ0) is 20.7. The van der Waals surface area contributed by atoms with Crippen LogP contribution in [0.4, 0.5) is 5.69 Å². The van der Waals surface area contributed by atoms with Crippen LogP contribution < -0.4 is 10.0 Å². The van der Waals surface area contributed by atoms with Crippen LogP contribution in [0.2, 0.25) is 5.02 Å². The average molecular weight is 447 g/mol. The Morgan fingerprint density at radius 2 is 1.66 bits per heavy atom.